The molecule has 2 rings (SSSR count). The average molecular weight is 284 g/mol. The first-order valence-electron chi connectivity index (χ1n) is 8.26. The van der Waals surface area contributed by atoms with Crippen molar-refractivity contribution in [2.45, 2.75) is 45.3 Å². The van der Waals surface area contributed by atoms with E-state index in [0.717, 1.165) is 44.0 Å². The first-order valence-corrected chi connectivity index (χ1v) is 8.26. The van der Waals surface area contributed by atoms with E-state index in [-0.39, 0.29) is 12.7 Å². The Morgan fingerprint density at radius 3 is 2.80 bits per heavy atom. The Morgan fingerprint density at radius 2 is 2.15 bits per heavy atom. The molecule has 0 aromatic heterocycles. The van der Waals surface area contributed by atoms with Crippen LogP contribution < -0.4 is 5.32 Å². The number of hydrogen-bond donors (Lipinski definition) is 2. The summed E-state index contributed by atoms with van der Waals surface area (Å²) in [5, 5.41) is 12.8. The zero-order valence-electron chi connectivity index (χ0n) is 13.3. The number of aliphatic hydroxyl groups excluding tert-OH is 1. The summed E-state index contributed by atoms with van der Waals surface area (Å²) in [6.07, 6.45) is 4.02. The van der Waals surface area contributed by atoms with E-state index in [1.165, 1.54) is 19.3 Å². The number of rotatable bonds is 5. The standard InChI is InChI=1S/C16H32N2O2/c1-12(2)13-4-5-16(17-3)14(8-13)9-18-6-7-20-15(10-18)11-19/h12-17,19H,4-11H2,1-3H3. The highest BCUT2D eigenvalue weighted by atomic mass is 16.5. The van der Waals surface area contributed by atoms with Gasteiger partial charge in [-0.3, -0.25) is 4.90 Å². The summed E-state index contributed by atoms with van der Waals surface area (Å²) >= 11 is 0. The van der Waals surface area contributed by atoms with Crippen LogP contribution in [0, 0.1) is 17.8 Å². The van der Waals surface area contributed by atoms with Gasteiger partial charge in [-0.25, -0.2) is 0 Å². The molecule has 4 atom stereocenters. The molecule has 0 amide bonds. The summed E-state index contributed by atoms with van der Waals surface area (Å²) < 4.78 is 5.55. The van der Waals surface area contributed by atoms with Gasteiger partial charge in [0.15, 0.2) is 0 Å². The molecule has 4 heteroatoms. The lowest BCUT2D eigenvalue weighted by Gasteiger charge is -2.42. The van der Waals surface area contributed by atoms with E-state index in [1.54, 1.807) is 0 Å². The predicted molar refractivity (Wildman–Crippen MR) is 81.8 cm³/mol. The van der Waals surface area contributed by atoms with Gasteiger partial charge in [0.1, 0.15) is 0 Å². The molecule has 2 aliphatic rings. The zero-order valence-corrected chi connectivity index (χ0v) is 13.3. The van der Waals surface area contributed by atoms with Crippen molar-refractivity contribution in [1.29, 1.82) is 0 Å². The second-order valence-electron chi connectivity index (χ2n) is 6.91. The number of morpholine rings is 1. The molecule has 1 saturated carbocycles. The molecule has 1 aliphatic carbocycles. The van der Waals surface area contributed by atoms with Crippen LogP contribution in [0.15, 0.2) is 0 Å². The third kappa shape index (κ3) is 4.17. The second kappa shape index (κ2) is 7.74. The first-order chi connectivity index (χ1) is 9.63. The Morgan fingerprint density at radius 1 is 1.35 bits per heavy atom. The van der Waals surface area contributed by atoms with Crippen molar-refractivity contribution in [1.82, 2.24) is 10.2 Å². The molecular formula is C16H32N2O2. The van der Waals surface area contributed by atoms with Crippen LogP contribution in [0.1, 0.15) is 33.1 Å². The lowest BCUT2D eigenvalue weighted by molar-refractivity contribution is -0.0595. The molecular weight excluding hydrogens is 252 g/mol. The van der Waals surface area contributed by atoms with Gasteiger partial charge in [0.25, 0.3) is 0 Å². The quantitative estimate of drug-likeness (QED) is 0.800. The fourth-order valence-electron chi connectivity index (χ4n) is 3.88. The molecule has 1 aliphatic heterocycles. The van der Waals surface area contributed by atoms with Crippen LogP contribution >= 0.6 is 0 Å². The number of hydrogen-bond acceptors (Lipinski definition) is 4. The van der Waals surface area contributed by atoms with E-state index < -0.39 is 0 Å². The van der Waals surface area contributed by atoms with Crippen molar-refractivity contribution in [2.24, 2.45) is 17.8 Å². The fourth-order valence-corrected chi connectivity index (χ4v) is 3.88. The van der Waals surface area contributed by atoms with Gasteiger partial charge in [-0.05, 0) is 44.1 Å². The van der Waals surface area contributed by atoms with Crippen LogP contribution in [0.2, 0.25) is 0 Å². The second-order valence-corrected chi connectivity index (χ2v) is 6.91. The highest BCUT2D eigenvalue weighted by molar-refractivity contribution is 4.87. The maximum atomic E-state index is 9.26. The van der Waals surface area contributed by atoms with Crippen molar-refractivity contribution < 1.29 is 9.84 Å². The average Bonchev–Trinajstić information content (AvgIpc) is 2.47. The van der Waals surface area contributed by atoms with Gasteiger partial charge >= 0.3 is 0 Å². The Bertz CT molecular complexity index is 286. The Balaban J connectivity index is 1.90. The summed E-state index contributed by atoms with van der Waals surface area (Å²) in [4.78, 5) is 2.49. The molecule has 0 aromatic carbocycles. The van der Waals surface area contributed by atoms with Gasteiger partial charge in [0.2, 0.25) is 0 Å². The van der Waals surface area contributed by atoms with Crippen molar-refractivity contribution in [3.8, 4) is 0 Å². The third-order valence-electron chi connectivity index (χ3n) is 5.26. The van der Waals surface area contributed by atoms with E-state index in [9.17, 15) is 5.11 Å². The van der Waals surface area contributed by atoms with E-state index in [4.69, 9.17) is 4.74 Å². The van der Waals surface area contributed by atoms with Crippen molar-refractivity contribution in [3.63, 3.8) is 0 Å². The van der Waals surface area contributed by atoms with Crippen LogP contribution in [0.4, 0.5) is 0 Å². The number of ether oxygens (including phenoxy) is 1. The number of aliphatic hydroxyl groups is 1. The summed E-state index contributed by atoms with van der Waals surface area (Å²) in [6, 6.07) is 0.653. The lowest BCUT2D eigenvalue weighted by atomic mass is 9.73. The lowest BCUT2D eigenvalue weighted by Crippen LogP contribution is -2.50. The maximum Gasteiger partial charge on any atom is 0.0932 e. The van der Waals surface area contributed by atoms with Crippen LogP contribution in [0.3, 0.4) is 0 Å². The normalized spacial score (nSPS) is 36.5. The number of nitrogens with zero attached hydrogens (tertiary/aromatic N) is 1. The SMILES string of the molecule is CNC1CCC(C(C)C)CC1CN1CCOC(CO)C1. The Labute approximate surface area is 123 Å². The highest BCUT2D eigenvalue weighted by Crippen LogP contribution is 2.34. The topological polar surface area (TPSA) is 44.7 Å². The van der Waals surface area contributed by atoms with Gasteiger partial charge in [0.05, 0.1) is 19.3 Å². The van der Waals surface area contributed by atoms with E-state index in [2.05, 4.69) is 31.1 Å². The smallest absolute Gasteiger partial charge is 0.0932 e. The minimum Gasteiger partial charge on any atom is -0.394 e. The first kappa shape index (κ1) is 16.2. The number of nitrogens with one attached hydrogen (secondary N) is 1. The zero-order chi connectivity index (χ0) is 14.5. The molecule has 0 aromatic rings. The summed E-state index contributed by atoms with van der Waals surface area (Å²) in [6.45, 7) is 8.66. The largest absolute Gasteiger partial charge is 0.394 e. The van der Waals surface area contributed by atoms with Crippen LogP contribution in [-0.2, 0) is 4.74 Å². The van der Waals surface area contributed by atoms with E-state index in [0.29, 0.717) is 6.04 Å². The fraction of sp³-hybridized carbons (Fsp3) is 1.00. The van der Waals surface area contributed by atoms with Gasteiger partial charge in [-0.1, -0.05) is 13.8 Å². The molecule has 1 saturated heterocycles. The minimum absolute atomic E-state index is 0.0151. The van der Waals surface area contributed by atoms with E-state index in [1.807, 2.05) is 0 Å². The summed E-state index contributed by atoms with van der Waals surface area (Å²) in [5.41, 5.74) is 0. The molecule has 4 unspecified atom stereocenters. The van der Waals surface area contributed by atoms with Crippen molar-refractivity contribution >= 4 is 0 Å². The van der Waals surface area contributed by atoms with Gasteiger partial charge in [-0.15, -0.1) is 0 Å². The Hall–Kier alpha value is -0.160. The molecule has 2 N–H and O–H groups in total. The maximum absolute atomic E-state index is 9.26. The molecule has 0 bridgehead atoms. The summed E-state index contributed by atoms with van der Waals surface area (Å²) in [5.74, 6) is 2.41. The molecule has 118 valence electrons. The van der Waals surface area contributed by atoms with Crippen LogP contribution in [0.25, 0.3) is 0 Å². The third-order valence-corrected chi connectivity index (χ3v) is 5.26. The molecule has 0 spiro atoms. The van der Waals surface area contributed by atoms with Gasteiger partial charge in [-0.2, -0.15) is 0 Å². The molecule has 4 nitrogen and oxygen atoms in total. The molecule has 1 heterocycles. The molecule has 20 heavy (non-hydrogen) atoms. The minimum atomic E-state index is 0.0151. The molecule has 0 radical (unpaired) electrons. The van der Waals surface area contributed by atoms with Crippen molar-refractivity contribution in [3.05, 3.63) is 0 Å². The van der Waals surface area contributed by atoms with E-state index >= 15 is 0 Å². The predicted octanol–water partition coefficient (Wildman–Crippen LogP) is 1.34. The Kier molecular flexibility index (Phi) is 6.27. The molecule has 2 fully saturated rings. The monoisotopic (exact) mass is 284 g/mol. The van der Waals surface area contributed by atoms with Crippen molar-refractivity contribution in [2.75, 3.05) is 39.9 Å². The highest BCUT2D eigenvalue weighted by Gasteiger charge is 2.33. The summed E-state index contributed by atoms with van der Waals surface area (Å²) in [7, 11) is 2.10. The van der Waals surface area contributed by atoms with Gasteiger partial charge in [0, 0.05) is 25.7 Å². The van der Waals surface area contributed by atoms with Crippen LogP contribution in [0.5, 0.6) is 0 Å². The van der Waals surface area contributed by atoms with Crippen LogP contribution in [-0.4, -0.2) is 62.0 Å². The van der Waals surface area contributed by atoms with Gasteiger partial charge < -0.3 is 15.2 Å².